The van der Waals surface area contributed by atoms with Crippen LogP contribution in [0.2, 0.25) is 0 Å². The van der Waals surface area contributed by atoms with E-state index in [2.05, 4.69) is 0 Å². The number of carbonyl (C=O) groups is 1. The number of rotatable bonds is 3. The molecular formula is C12H16O2. The summed E-state index contributed by atoms with van der Waals surface area (Å²) in [7, 11) is 0. The maximum absolute atomic E-state index is 10.9. The Hall–Kier alpha value is -1.31. The molecule has 0 saturated carbocycles. The van der Waals surface area contributed by atoms with Crippen LogP contribution in [0.5, 0.6) is 0 Å². The van der Waals surface area contributed by atoms with Gasteiger partial charge in [0.05, 0.1) is 5.92 Å². The molecule has 1 aromatic rings. The van der Waals surface area contributed by atoms with Gasteiger partial charge in [0.1, 0.15) is 0 Å². The molecule has 1 atom stereocenters. The van der Waals surface area contributed by atoms with E-state index in [1.807, 2.05) is 32.0 Å². The highest BCUT2D eigenvalue weighted by Gasteiger charge is 2.16. The van der Waals surface area contributed by atoms with E-state index in [0.29, 0.717) is 0 Å². The first kappa shape index (κ1) is 10.8. The van der Waals surface area contributed by atoms with Crippen molar-refractivity contribution in [2.24, 2.45) is 0 Å². The second-order valence-corrected chi connectivity index (χ2v) is 3.62. The highest BCUT2D eigenvalue weighted by Crippen LogP contribution is 2.22. The molecule has 0 amide bonds. The van der Waals surface area contributed by atoms with Gasteiger partial charge in [-0.05, 0) is 31.4 Å². The Morgan fingerprint density at radius 1 is 1.50 bits per heavy atom. The van der Waals surface area contributed by atoms with E-state index in [1.165, 1.54) is 0 Å². The molecule has 0 heterocycles. The van der Waals surface area contributed by atoms with Crippen molar-refractivity contribution in [3.05, 3.63) is 34.9 Å². The van der Waals surface area contributed by atoms with Crippen LogP contribution in [0.15, 0.2) is 18.2 Å². The van der Waals surface area contributed by atoms with Gasteiger partial charge in [-0.2, -0.15) is 0 Å². The van der Waals surface area contributed by atoms with Gasteiger partial charge in [-0.15, -0.1) is 0 Å². The predicted octanol–water partition coefficient (Wildman–Crippen LogP) is 2.75. The van der Waals surface area contributed by atoms with Gasteiger partial charge in [0.25, 0.3) is 0 Å². The van der Waals surface area contributed by atoms with Crippen molar-refractivity contribution < 1.29 is 9.90 Å². The molecule has 0 radical (unpaired) electrons. The Bertz CT molecular complexity index is 342. The molecule has 1 N–H and O–H groups in total. The fraction of sp³-hybridized carbons (Fsp3) is 0.417. The molecule has 0 saturated heterocycles. The number of carboxylic acids is 1. The smallest absolute Gasteiger partial charge is 0.310 e. The molecule has 2 heteroatoms. The monoisotopic (exact) mass is 192 g/mol. The highest BCUT2D eigenvalue weighted by molar-refractivity contribution is 5.76. The highest BCUT2D eigenvalue weighted by atomic mass is 16.4. The molecule has 1 aromatic carbocycles. The third-order valence-electron chi connectivity index (χ3n) is 2.52. The number of aryl methyl sites for hydroxylation is 2. The Labute approximate surface area is 84.6 Å². The molecule has 76 valence electrons. The van der Waals surface area contributed by atoms with Gasteiger partial charge in [-0.3, -0.25) is 4.79 Å². The molecule has 0 aliphatic rings. The molecular weight excluding hydrogens is 176 g/mol. The minimum atomic E-state index is -0.759. The summed E-state index contributed by atoms with van der Waals surface area (Å²) in [6.07, 6.45) is 0.882. The van der Waals surface area contributed by atoms with E-state index >= 15 is 0 Å². The third kappa shape index (κ3) is 2.13. The predicted molar refractivity (Wildman–Crippen MR) is 56.6 cm³/mol. The van der Waals surface area contributed by atoms with Gasteiger partial charge >= 0.3 is 5.97 Å². The third-order valence-corrected chi connectivity index (χ3v) is 2.52. The molecule has 0 aliphatic carbocycles. The van der Waals surface area contributed by atoms with Crippen molar-refractivity contribution in [3.63, 3.8) is 0 Å². The van der Waals surface area contributed by atoms with Crippen LogP contribution in [-0.2, 0) is 11.2 Å². The average molecular weight is 192 g/mol. The van der Waals surface area contributed by atoms with E-state index in [9.17, 15) is 4.79 Å². The zero-order valence-corrected chi connectivity index (χ0v) is 8.87. The van der Waals surface area contributed by atoms with Crippen molar-refractivity contribution in [2.75, 3.05) is 0 Å². The van der Waals surface area contributed by atoms with Gasteiger partial charge in [-0.25, -0.2) is 0 Å². The van der Waals surface area contributed by atoms with E-state index in [4.69, 9.17) is 5.11 Å². The lowest BCUT2D eigenvalue weighted by Gasteiger charge is -2.12. The maximum Gasteiger partial charge on any atom is 0.310 e. The lowest BCUT2D eigenvalue weighted by molar-refractivity contribution is -0.138. The Morgan fingerprint density at radius 2 is 2.14 bits per heavy atom. The van der Waals surface area contributed by atoms with E-state index in [1.54, 1.807) is 6.92 Å². The minimum Gasteiger partial charge on any atom is -0.481 e. The molecule has 14 heavy (non-hydrogen) atoms. The summed E-state index contributed by atoms with van der Waals surface area (Å²) in [5.74, 6) is -1.17. The minimum absolute atomic E-state index is 0.412. The first-order chi connectivity index (χ1) is 6.56. The lowest BCUT2D eigenvalue weighted by atomic mass is 9.93. The second-order valence-electron chi connectivity index (χ2n) is 3.62. The van der Waals surface area contributed by atoms with Crippen molar-refractivity contribution in [1.29, 1.82) is 0 Å². The molecule has 0 aliphatic heterocycles. The van der Waals surface area contributed by atoms with Gasteiger partial charge in [-0.1, -0.05) is 30.7 Å². The molecule has 2 nitrogen and oxygen atoms in total. The summed E-state index contributed by atoms with van der Waals surface area (Å²) in [6, 6.07) is 6.01. The molecule has 0 bridgehead atoms. The van der Waals surface area contributed by atoms with Gasteiger partial charge < -0.3 is 5.11 Å². The first-order valence-electron chi connectivity index (χ1n) is 4.88. The topological polar surface area (TPSA) is 37.3 Å². The SMILES string of the molecule is CCc1ccc(C)cc1C(C)C(=O)O. The summed E-state index contributed by atoms with van der Waals surface area (Å²) in [4.78, 5) is 10.9. The summed E-state index contributed by atoms with van der Waals surface area (Å²) >= 11 is 0. The summed E-state index contributed by atoms with van der Waals surface area (Å²) in [5.41, 5.74) is 3.19. The quantitative estimate of drug-likeness (QED) is 0.799. The van der Waals surface area contributed by atoms with Gasteiger partial charge in [0, 0.05) is 0 Å². The number of carboxylic acid groups (broad SMARTS) is 1. The van der Waals surface area contributed by atoms with Crippen LogP contribution in [0.3, 0.4) is 0 Å². The maximum atomic E-state index is 10.9. The van der Waals surface area contributed by atoms with Crippen LogP contribution in [0, 0.1) is 6.92 Å². The molecule has 1 rings (SSSR count). The number of hydrogen-bond acceptors (Lipinski definition) is 1. The van der Waals surface area contributed by atoms with E-state index in [0.717, 1.165) is 23.1 Å². The molecule has 0 spiro atoms. The van der Waals surface area contributed by atoms with Crippen molar-refractivity contribution in [3.8, 4) is 0 Å². The van der Waals surface area contributed by atoms with Crippen molar-refractivity contribution >= 4 is 5.97 Å². The van der Waals surface area contributed by atoms with E-state index < -0.39 is 11.9 Å². The number of benzene rings is 1. The molecule has 1 unspecified atom stereocenters. The number of hydrogen-bond donors (Lipinski definition) is 1. The van der Waals surface area contributed by atoms with E-state index in [-0.39, 0.29) is 0 Å². The molecule has 0 fully saturated rings. The zero-order chi connectivity index (χ0) is 10.7. The van der Waals surface area contributed by atoms with Crippen LogP contribution >= 0.6 is 0 Å². The lowest BCUT2D eigenvalue weighted by Crippen LogP contribution is -2.10. The van der Waals surface area contributed by atoms with Crippen LogP contribution in [0.4, 0.5) is 0 Å². The molecule has 0 aromatic heterocycles. The van der Waals surface area contributed by atoms with Crippen molar-refractivity contribution in [2.45, 2.75) is 33.1 Å². The number of aliphatic carboxylic acids is 1. The average Bonchev–Trinajstić information content (AvgIpc) is 2.16. The standard InChI is InChI=1S/C12H16O2/c1-4-10-6-5-8(2)7-11(10)9(3)12(13)14/h5-7,9H,4H2,1-3H3,(H,13,14). The summed E-state index contributed by atoms with van der Waals surface area (Å²) in [5, 5.41) is 8.95. The summed E-state index contributed by atoms with van der Waals surface area (Å²) < 4.78 is 0. The normalized spacial score (nSPS) is 12.5. The second kappa shape index (κ2) is 4.27. The van der Waals surface area contributed by atoms with Crippen LogP contribution in [-0.4, -0.2) is 11.1 Å². The zero-order valence-electron chi connectivity index (χ0n) is 8.87. The Kier molecular flexibility index (Phi) is 3.28. The Balaban J connectivity index is 3.16. The first-order valence-corrected chi connectivity index (χ1v) is 4.88. The fourth-order valence-electron chi connectivity index (χ4n) is 1.57. The van der Waals surface area contributed by atoms with Crippen LogP contribution < -0.4 is 0 Å². The largest absolute Gasteiger partial charge is 0.481 e. The van der Waals surface area contributed by atoms with Crippen molar-refractivity contribution in [1.82, 2.24) is 0 Å². The van der Waals surface area contributed by atoms with Crippen LogP contribution in [0.1, 0.15) is 36.5 Å². The van der Waals surface area contributed by atoms with Gasteiger partial charge in [0.15, 0.2) is 0 Å². The van der Waals surface area contributed by atoms with Crippen LogP contribution in [0.25, 0.3) is 0 Å². The summed E-state index contributed by atoms with van der Waals surface area (Å²) in [6.45, 7) is 5.76. The van der Waals surface area contributed by atoms with Gasteiger partial charge in [0.2, 0.25) is 0 Å². The fourth-order valence-corrected chi connectivity index (χ4v) is 1.57. The Morgan fingerprint density at radius 3 is 2.64 bits per heavy atom.